The fraction of sp³-hybridized carbons (Fsp3) is 0.136. The van der Waals surface area contributed by atoms with Crippen LogP contribution in [0.5, 0.6) is 23.0 Å². The molecule has 1 N–H and O–H groups in total. The van der Waals surface area contributed by atoms with Gasteiger partial charge < -0.3 is 19.5 Å². The molecule has 0 atom stereocenters. The first kappa shape index (κ1) is 19.2. The molecule has 0 radical (unpaired) electrons. The van der Waals surface area contributed by atoms with Crippen LogP contribution in [0.1, 0.15) is 15.9 Å². The van der Waals surface area contributed by atoms with E-state index in [-0.39, 0.29) is 11.7 Å². The SMILES string of the molecule is COc1cccc(C(=O)NCc2ccc(Oc3ccc(F)cc3)cc2)c1OC. The molecule has 0 bridgehead atoms. The van der Waals surface area contributed by atoms with E-state index < -0.39 is 0 Å². The second kappa shape index (κ2) is 8.90. The highest BCUT2D eigenvalue weighted by molar-refractivity contribution is 5.97. The molecule has 6 heteroatoms. The van der Waals surface area contributed by atoms with Crippen molar-refractivity contribution in [3.63, 3.8) is 0 Å². The van der Waals surface area contributed by atoms with Crippen LogP contribution in [0.25, 0.3) is 0 Å². The van der Waals surface area contributed by atoms with Crippen LogP contribution < -0.4 is 19.5 Å². The normalized spacial score (nSPS) is 10.2. The Hall–Kier alpha value is -3.54. The second-order valence-corrected chi connectivity index (χ2v) is 5.92. The van der Waals surface area contributed by atoms with Crippen LogP contribution >= 0.6 is 0 Å². The van der Waals surface area contributed by atoms with E-state index in [9.17, 15) is 9.18 Å². The van der Waals surface area contributed by atoms with Gasteiger partial charge >= 0.3 is 0 Å². The third kappa shape index (κ3) is 4.59. The molecule has 3 aromatic rings. The van der Waals surface area contributed by atoms with Crippen molar-refractivity contribution in [1.29, 1.82) is 0 Å². The number of hydrogen-bond acceptors (Lipinski definition) is 4. The Balaban J connectivity index is 1.62. The Morgan fingerprint density at radius 3 is 2.14 bits per heavy atom. The van der Waals surface area contributed by atoms with Crippen LogP contribution in [0.4, 0.5) is 4.39 Å². The Labute approximate surface area is 162 Å². The van der Waals surface area contributed by atoms with Crippen LogP contribution in [0.2, 0.25) is 0 Å². The number of carbonyl (C=O) groups excluding carboxylic acids is 1. The first-order valence-corrected chi connectivity index (χ1v) is 8.62. The Bertz CT molecular complexity index is 940. The zero-order chi connectivity index (χ0) is 19.9. The molecule has 28 heavy (non-hydrogen) atoms. The first-order chi connectivity index (χ1) is 13.6. The number of nitrogens with one attached hydrogen (secondary N) is 1. The number of hydrogen-bond donors (Lipinski definition) is 1. The quantitative estimate of drug-likeness (QED) is 0.652. The lowest BCUT2D eigenvalue weighted by atomic mass is 10.1. The monoisotopic (exact) mass is 381 g/mol. The fourth-order valence-electron chi connectivity index (χ4n) is 2.66. The summed E-state index contributed by atoms with van der Waals surface area (Å²) >= 11 is 0. The number of ether oxygens (including phenoxy) is 3. The summed E-state index contributed by atoms with van der Waals surface area (Å²) in [7, 11) is 3.02. The second-order valence-electron chi connectivity index (χ2n) is 5.92. The van der Waals surface area contributed by atoms with Crippen molar-refractivity contribution in [1.82, 2.24) is 5.32 Å². The topological polar surface area (TPSA) is 56.8 Å². The molecule has 0 aromatic heterocycles. The Morgan fingerprint density at radius 2 is 1.54 bits per heavy atom. The predicted octanol–water partition coefficient (Wildman–Crippen LogP) is 4.57. The number of benzene rings is 3. The molecule has 0 saturated heterocycles. The lowest BCUT2D eigenvalue weighted by Gasteiger charge is -2.13. The molecule has 0 aliphatic rings. The van der Waals surface area contributed by atoms with E-state index in [1.54, 1.807) is 42.5 Å². The molecular formula is C22H20FNO4. The maximum atomic E-state index is 12.9. The van der Waals surface area contributed by atoms with Crippen molar-refractivity contribution in [2.45, 2.75) is 6.54 Å². The zero-order valence-corrected chi connectivity index (χ0v) is 15.6. The lowest BCUT2D eigenvalue weighted by molar-refractivity contribution is 0.0947. The van der Waals surface area contributed by atoms with Crippen molar-refractivity contribution >= 4 is 5.91 Å². The van der Waals surface area contributed by atoms with Gasteiger partial charge in [-0.2, -0.15) is 0 Å². The molecule has 0 saturated carbocycles. The minimum absolute atomic E-state index is 0.262. The van der Waals surface area contributed by atoms with Gasteiger partial charge in [-0.15, -0.1) is 0 Å². The molecular weight excluding hydrogens is 361 g/mol. The van der Waals surface area contributed by atoms with E-state index >= 15 is 0 Å². The van der Waals surface area contributed by atoms with E-state index in [1.165, 1.54) is 26.4 Å². The molecule has 1 amide bonds. The molecule has 0 aliphatic heterocycles. The number of para-hydroxylation sites is 1. The predicted molar refractivity (Wildman–Crippen MR) is 104 cm³/mol. The van der Waals surface area contributed by atoms with Crippen LogP contribution in [-0.2, 0) is 6.54 Å². The molecule has 0 spiro atoms. The van der Waals surface area contributed by atoms with E-state index in [1.807, 2.05) is 12.1 Å². The fourth-order valence-corrected chi connectivity index (χ4v) is 2.66. The van der Waals surface area contributed by atoms with Crippen LogP contribution in [-0.4, -0.2) is 20.1 Å². The molecule has 0 fully saturated rings. The summed E-state index contributed by atoms with van der Waals surface area (Å²) in [6.45, 7) is 0.343. The number of rotatable bonds is 7. The summed E-state index contributed by atoms with van der Waals surface area (Å²) in [5.41, 5.74) is 1.31. The van der Waals surface area contributed by atoms with Gasteiger partial charge in [0, 0.05) is 6.54 Å². The van der Waals surface area contributed by atoms with Gasteiger partial charge in [-0.25, -0.2) is 4.39 Å². The molecule has 3 aromatic carbocycles. The van der Waals surface area contributed by atoms with E-state index in [2.05, 4.69) is 5.32 Å². The standard InChI is InChI=1S/C22H20FNO4/c1-26-20-5-3-4-19(21(20)27-2)22(25)24-14-15-6-10-17(11-7-15)28-18-12-8-16(23)9-13-18/h3-13H,14H2,1-2H3,(H,24,25). The maximum absolute atomic E-state index is 12.9. The average Bonchev–Trinajstić information content (AvgIpc) is 2.74. The number of amides is 1. The van der Waals surface area contributed by atoms with Gasteiger partial charge in [-0.3, -0.25) is 4.79 Å². The maximum Gasteiger partial charge on any atom is 0.255 e. The Kier molecular flexibility index (Phi) is 6.11. The molecule has 5 nitrogen and oxygen atoms in total. The number of methoxy groups -OCH3 is 2. The van der Waals surface area contributed by atoms with Gasteiger partial charge in [0.1, 0.15) is 17.3 Å². The van der Waals surface area contributed by atoms with Crippen molar-refractivity contribution in [2.75, 3.05) is 14.2 Å². The van der Waals surface area contributed by atoms with Gasteiger partial charge in [-0.05, 0) is 54.1 Å². The zero-order valence-electron chi connectivity index (χ0n) is 15.6. The van der Waals surface area contributed by atoms with Gasteiger partial charge in [-0.1, -0.05) is 18.2 Å². The highest BCUT2D eigenvalue weighted by Crippen LogP contribution is 2.30. The van der Waals surface area contributed by atoms with E-state index in [4.69, 9.17) is 14.2 Å². The lowest BCUT2D eigenvalue weighted by Crippen LogP contribution is -2.23. The number of carbonyl (C=O) groups is 1. The number of halogens is 1. The largest absolute Gasteiger partial charge is 0.493 e. The van der Waals surface area contributed by atoms with Crippen LogP contribution in [0, 0.1) is 5.82 Å². The van der Waals surface area contributed by atoms with Gasteiger partial charge in [0.2, 0.25) is 0 Å². The Morgan fingerprint density at radius 1 is 0.893 bits per heavy atom. The molecule has 0 heterocycles. The summed E-state index contributed by atoms with van der Waals surface area (Å²) in [5, 5.41) is 2.86. The summed E-state index contributed by atoms with van der Waals surface area (Å²) in [6, 6.07) is 18.2. The van der Waals surface area contributed by atoms with Crippen molar-refractivity contribution in [3.8, 4) is 23.0 Å². The minimum atomic E-state index is -0.314. The van der Waals surface area contributed by atoms with Crippen LogP contribution in [0.3, 0.4) is 0 Å². The summed E-state index contributed by atoms with van der Waals surface area (Å²) in [4.78, 5) is 12.5. The summed E-state index contributed by atoms with van der Waals surface area (Å²) < 4.78 is 29.1. The first-order valence-electron chi connectivity index (χ1n) is 8.62. The molecule has 3 rings (SSSR count). The highest BCUT2D eigenvalue weighted by Gasteiger charge is 2.16. The smallest absolute Gasteiger partial charge is 0.255 e. The van der Waals surface area contributed by atoms with Crippen LogP contribution in [0.15, 0.2) is 66.7 Å². The van der Waals surface area contributed by atoms with E-state index in [0.717, 1.165) is 5.56 Å². The summed E-state index contributed by atoms with van der Waals surface area (Å²) in [6.07, 6.45) is 0. The average molecular weight is 381 g/mol. The third-order valence-electron chi connectivity index (χ3n) is 4.07. The van der Waals surface area contributed by atoms with Crippen molar-refractivity contribution < 1.29 is 23.4 Å². The van der Waals surface area contributed by atoms with Crippen molar-refractivity contribution in [2.24, 2.45) is 0 Å². The molecule has 0 unspecified atom stereocenters. The van der Waals surface area contributed by atoms with Crippen molar-refractivity contribution in [3.05, 3.63) is 83.7 Å². The molecule has 0 aliphatic carbocycles. The summed E-state index contributed by atoms with van der Waals surface area (Å²) in [5.74, 6) is 1.49. The van der Waals surface area contributed by atoms with Gasteiger partial charge in [0.15, 0.2) is 11.5 Å². The van der Waals surface area contributed by atoms with Gasteiger partial charge in [0.05, 0.1) is 19.8 Å². The highest BCUT2D eigenvalue weighted by atomic mass is 19.1. The van der Waals surface area contributed by atoms with E-state index in [0.29, 0.717) is 35.1 Å². The minimum Gasteiger partial charge on any atom is -0.493 e. The van der Waals surface area contributed by atoms with Gasteiger partial charge in [0.25, 0.3) is 5.91 Å². The molecule has 144 valence electrons. The third-order valence-corrected chi connectivity index (χ3v) is 4.07.